The number of hydrogen-bond donors (Lipinski definition) is 0. The topological polar surface area (TPSA) is 76.4 Å². The summed E-state index contributed by atoms with van der Waals surface area (Å²) in [5, 5.41) is 4.46. The van der Waals surface area contributed by atoms with Crippen molar-refractivity contribution in [3.63, 3.8) is 0 Å². The highest BCUT2D eigenvalue weighted by Gasteiger charge is 2.26. The molecule has 2 rings (SSSR count). The SMILES string of the molecule is CCCCOc1ncnc(N(C)C)c1N(Cn1nc(C)cc1C)C(=O)CCl. The van der Waals surface area contributed by atoms with Crippen molar-refractivity contribution in [2.45, 2.75) is 40.3 Å². The Balaban J connectivity index is 2.51. The Hall–Kier alpha value is -2.35. The van der Waals surface area contributed by atoms with Crippen molar-refractivity contribution >= 4 is 29.0 Å². The van der Waals surface area contributed by atoms with Crippen molar-refractivity contribution in [3.8, 4) is 5.88 Å². The zero-order chi connectivity index (χ0) is 20.0. The molecule has 0 aromatic carbocycles. The van der Waals surface area contributed by atoms with Gasteiger partial charge in [0.2, 0.25) is 11.8 Å². The highest BCUT2D eigenvalue weighted by Crippen LogP contribution is 2.35. The molecule has 1 amide bonds. The number of unbranched alkanes of at least 4 members (excludes halogenated alkanes) is 1. The lowest BCUT2D eigenvalue weighted by Gasteiger charge is -2.27. The Morgan fingerprint density at radius 1 is 1.30 bits per heavy atom. The molecular formula is C18H27ClN6O2. The zero-order valence-electron chi connectivity index (χ0n) is 16.6. The van der Waals surface area contributed by atoms with E-state index < -0.39 is 0 Å². The first-order valence-electron chi connectivity index (χ1n) is 8.91. The van der Waals surface area contributed by atoms with Crippen LogP contribution in [-0.2, 0) is 11.5 Å². The Morgan fingerprint density at radius 2 is 2.04 bits per heavy atom. The number of hydrogen-bond acceptors (Lipinski definition) is 6. The summed E-state index contributed by atoms with van der Waals surface area (Å²) in [7, 11) is 3.71. The minimum absolute atomic E-state index is 0.171. The molecular weight excluding hydrogens is 368 g/mol. The average molecular weight is 395 g/mol. The number of aryl methyl sites for hydroxylation is 2. The fourth-order valence-electron chi connectivity index (χ4n) is 2.63. The average Bonchev–Trinajstić information content (AvgIpc) is 2.96. The molecule has 9 heteroatoms. The van der Waals surface area contributed by atoms with Gasteiger partial charge in [-0.3, -0.25) is 9.69 Å². The first kappa shape index (κ1) is 21.0. The van der Waals surface area contributed by atoms with Gasteiger partial charge in [-0.2, -0.15) is 10.1 Å². The number of carbonyl (C=O) groups is 1. The van der Waals surface area contributed by atoms with Crippen molar-refractivity contribution in [1.82, 2.24) is 19.7 Å². The lowest BCUT2D eigenvalue weighted by Crippen LogP contribution is -2.36. The number of rotatable bonds is 9. The summed E-state index contributed by atoms with van der Waals surface area (Å²) in [4.78, 5) is 24.7. The van der Waals surface area contributed by atoms with Crippen LogP contribution in [0.2, 0.25) is 0 Å². The molecule has 0 bridgehead atoms. The molecule has 0 radical (unpaired) electrons. The smallest absolute Gasteiger partial charge is 0.243 e. The zero-order valence-corrected chi connectivity index (χ0v) is 17.3. The van der Waals surface area contributed by atoms with Crippen LogP contribution < -0.4 is 14.5 Å². The van der Waals surface area contributed by atoms with E-state index in [9.17, 15) is 4.79 Å². The maximum atomic E-state index is 12.7. The van der Waals surface area contributed by atoms with E-state index in [-0.39, 0.29) is 18.5 Å². The maximum absolute atomic E-state index is 12.7. The molecule has 0 aliphatic rings. The van der Waals surface area contributed by atoms with E-state index in [0.29, 0.717) is 24.0 Å². The van der Waals surface area contributed by atoms with Gasteiger partial charge in [-0.05, 0) is 26.3 Å². The molecule has 0 saturated carbocycles. The number of alkyl halides is 1. The van der Waals surface area contributed by atoms with E-state index >= 15 is 0 Å². The van der Waals surface area contributed by atoms with Gasteiger partial charge in [0.25, 0.3) is 0 Å². The number of anilines is 2. The summed E-state index contributed by atoms with van der Waals surface area (Å²) in [6.07, 6.45) is 3.32. The van der Waals surface area contributed by atoms with Gasteiger partial charge in [0.1, 0.15) is 18.9 Å². The number of carbonyl (C=O) groups excluding carboxylic acids is 1. The van der Waals surface area contributed by atoms with E-state index in [1.165, 1.54) is 11.2 Å². The molecule has 2 aromatic heterocycles. The molecule has 0 N–H and O–H groups in total. The normalized spacial score (nSPS) is 10.7. The lowest BCUT2D eigenvalue weighted by atomic mass is 10.3. The summed E-state index contributed by atoms with van der Waals surface area (Å²) in [6, 6.07) is 1.95. The molecule has 0 unspecified atom stereocenters. The van der Waals surface area contributed by atoms with Crippen molar-refractivity contribution < 1.29 is 9.53 Å². The largest absolute Gasteiger partial charge is 0.476 e. The number of aromatic nitrogens is 4. The van der Waals surface area contributed by atoms with Crippen LogP contribution in [0.15, 0.2) is 12.4 Å². The van der Waals surface area contributed by atoms with Crippen LogP contribution in [0, 0.1) is 13.8 Å². The second-order valence-electron chi connectivity index (χ2n) is 6.47. The van der Waals surface area contributed by atoms with Gasteiger partial charge >= 0.3 is 0 Å². The van der Waals surface area contributed by atoms with Crippen LogP contribution in [0.1, 0.15) is 31.2 Å². The van der Waals surface area contributed by atoms with Crippen LogP contribution in [-0.4, -0.2) is 52.2 Å². The van der Waals surface area contributed by atoms with Crippen LogP contribution in [0.25, 0.3) is 0 Å². The predicted octanol–water partition coefficient (Wildman–Crippen LogP) is 2.76. The number of ether oxygens (including phenoxy) is 1. The lowest BCUT2D eigenvalue weighted by molar-refractivity contribution is -0.116. The third kappa shape index (κ3) is 5.09. The van der Waals surface area contributed by atoms with Crippen LogP contribution in [0.3, 0.4) is 0 Å². The second-order valence-corrected chi connectivity index (χ2v) is 6.74. The van der Waals surface area contributed by atoms with E-state index in [1.807, 2.05) is 38.9 Å². The van der Waals surface area contributed by atoms with Crippen molar-refractivity contribution in [2.24, 2.45) is 0 Å². The third-order valence-electron chi connectivity index (χ3n) is 3.99. The van der Waals surface area contributed by atoms with E-state index in [0.717, 1.165) is 24.2 Å². The number of amides is 1. The van der Waals surface area contributed by atoms with Crippen LogP contribution in [0.4, 0.5) is 11.5 Å². The minimum Gasteiger partial charge on any atom is -0.476 e. The van der Waals surface area contributed by atoms with E-state index in [2.05, 4.69) is 22.0 Å². The molecule has 0 fully saturated rings. The fraction of sp³-hybridized carbons (Fsp3) is 0.556. The summed E-state index contributed by atoms with van der Waals surface area (Å²) in [5.41, 5.74) is 2.32. The van der Waals surface area contributed by atoms with Gasteiger partial charge in [-0.1, -0.05) is 13.3 Å². The molecule has 8 nitrogen and oxygen atoms in total. The standard InChI is InChI=1S/C18H27ClN6O2/c1-6-7-8-27-18-16(17(23(4)5)20-11-21-18)24(15(26)10-19)12-25-14(3)9-13(2)22-25/h9,11H,6-8,10,12H2,1-5H3. The molecule has 2 heterocycles. The van der Waals surface area contributed by atoms with E-state index in [1.54, 1.807) is 4.68 Å². The summed E-state index contributed by atoms with van der Waals surface area (Å²) < 4.78 is 7.62. The first-order valence-corrected chi connectivity index (χ1v) is 9.45. The highest BCUT2D eigenvalue weighted by atomic mass is 35.5. The van der Waals surface area contributed by atoms with E-state index in [4.69, 9.17) is 16.3 Å². The Morgan fingerprint density at radius 3 is 2.59 bits per heavy atom. The predicted molar refractivity (Wildman–Crippen MR) is 107 cm³/mol. The van der Waals surface area contributed by atoms with Gasteiger partial charge in [0, 0.05) is 19.8 Å². The maximum Gasteiger partial charge on any atom is 0.243 e. The molecule has 0 spiro atoms. The second kappa shape index (κ2) is 9.55. The number of halogens is 1. The third-order valence-corrected chi connectivity index (χ3v) is 4.22. The summed E-state index contributed by atoms with van der Waals surface area (Å²) in [5.74, 6) is 0.497. The molecule has 0 atom stereocenters. The quantitative estimate of drug-likeness (QED) is 0.480. The monoisotopic (exact) mass is 394 g/mol. The summed E-state index contributed by atoms with van der Waals surface area (Å²) in [6.45, 7) is 6.64. The van der Waals surface area contributed by atoms with Crippen molar-refractivity contribution in [1.29, 1.82) is 0 Å². The molecule has 27 heavy (non-hydrogen) atoms. The molecule has 148 valence electrons. The Kier molecular flexibility index (Phi) is 7.41. The Bertz CT molecular complexity index is 777. The number of nitrogens with zero attached hydrogens (tertiary/aromatic N) is 6. The summed E-state index contributed by atoms with van der Waals surface area (Å²) >= 11 is 5.90. The molecule has 0 aliphatic carbocycles. The van der Waals surface area contributed by atoms with Gasteiger partial charge < -0.3 is 9.64 Å². The van der Waals surface area contributed by atoms with Gasteiger partial charge in [0.05, 0.1) is 12.3 Å². The molecule has 0 saturated heterocycles. The van der Waals surface area contributed by atoms with Gasteiger partial charge in [-0.25, -0.2) is 9.67 Å². The molecule has 0 aliphatic heterocycles. The first-order chi connectivity index (χ1) is 12.9. The Labute approximate surface area is 165 Å². The fourth-order valence-corrected chi connectivity index (χ4v) is 2.78. The van der Waals surface area contributed by atoms with Crippen LogP contribution in [0.5, 0.6) is 5.88 Å². The van der Waals surface area contributed by atoms with Gasteiger partial charge in [-0.15, -0.1) is 11.6 Å². The minimum atomic E-state index is -0.275. The highest BCUT2D eigenvalue weighted by molar-refractivity contribution is 6.29. The van der Waals surface area contributed by atoms with Crippen molar-refractivity contribution in [3.05, 3.63) is 23.8 Å². The molecule has 2 aromatic rings. The van der Waals surface area contributed by atoms with Crippen LogP contribution >= 0.6 is 11.6 Å². The van der Waals surface area contributed by atoms with Gasteiger partial charge in [0.15, 0.2) is 11.5 Å². The van der Waals surface area contributed by atoms with Crippen molar-refractivity contribution in [2.75, 3.05) is 36.4 Å².